The van der Waals surface area contributed by atoms with Gasteiger partial charge in [0.15, 0.2) is 16.3 Å². The predicted octanol–water partition coefficient (Wildman–Crippen LogP) is 3.00. The largest absolute Gasteiger partial charge is 0.504 e. The lowest BCUT2D eigenvalue weighted by atomic mass is 10.2. The van der Waals surface area contributed by atoms with Crippen LogP contribution in [-0.2, 0) is 13.2 Å². The molecule has 2 rings (SSSR count). The second-order valence-corrected chi connectivity index (χ2v) is 5.27. The van der Waals surface area contributed by atoms with Crippen molar-refractivity contribution in [3.63, 3.8) is 0 Å². The number of anilines is 1. The molecule has 3 N–H and O–H groups in total. The molecule has 0 radical (unpaired) electrons. The van der Waals surface area contributed by atoms with E-state index in [0.29, 0.717) is 15.2 Å². The summed E-state index contributed by atoms with van der Waals surface area (Å²) < 4.78 is 52.8. The van der Waals surface area contributed by atoms with E-state index in [0.717, 1.165) is 7.05 Å². The fraction of sp³-hybridized carbons (Fsp3) is 0.167. The Hall–Kier alpha value is -2.07. The van der Waals surface area contributed by atoms with E-state index >= 15 is 0 Å². The number of aromatic nitrogens is 2. The van der Waals surface area contributed by atoms with Crippen LogP contribution in [0.2, 0.25) is 5.02 Å². The molecule has 0 atom stereocenters. The van der Waals surface area contributed by atoms with Crippen LogP contribution in [0.5, 0.6) is 5.75 Å². The first kappa shape index (κ1) is 17.3. The van der Waals surface area contributed by atoms with Gasteiger partial charge in [0, 0.05) is 13.1 Å². The van der Waals surface area contributed by atoms with Crippen molar-refractivity contribution in [1.29, 1.82) is 0 Å². The number of phenolic OH excluding ortho intramolecular Hbond substituents is 1. The Balaban J connectivity index is 2.94. The topological polar surface area (TPSA) is 73.2 Å². The normalized spacial score (nSPS) is 11.7. The van der Waals surface area contributed by atoms with Gasteiger partial charge in [0.1, 0.15) is 11.4 Å². The van der Waals surface area contributed by atoms with Crippen LogP contribution in [0.4, 0.5) is 23.2 Å². The SMILES string of the molecule is Cn1c(C(F)(F)F)cc(=O)n(-c2c(F)cc(Cl)c(N)c2O)c1=S. The van der Waals surface area contributed by atoms with Gasteiger partial charge in [-0.05, 0) is 18.3 Å². The zero-order valence-corrected chi connectivity index (χ0v) is 12.9. The van der Waals surface area contributed by atoms with E-state index < -0.39 is 45.1 Å². The van der Waals surface area contributed by atoms with E-state index in [9.17, 15) is 27.5 Å². The van der Waals surface area contributed by atoms with Gasteiger partial charge in [-0.15, -0.1) is 0 Å². The number of phenols is 1. The number of nitrogens with two attached hydrogens (primary N) is 1. The van der Waals surface area contributed by atoms with Crippen LogP contribution >= 0.6 is 23.8 Å². The van der Waals surface area contributed by atoms with E-state index in [-0.39, 0.29) is 11.1 Å². The van der Waals surface area contributed by atoms with Crippen LogP contribution in [0.15, 0.2) is 16.9 Å². The minimum Gasteiger partial charge on any atom is -0.504 e. The molecular weight excluding hydrogens is 362 g/mol. The van der Waals surface area contributed by atoms with Crippen molar-refractivity contribution >= 4 is 29.5 Å². The Morgan fingerprint density at radius 1 is 1.35 bits per heavy atom. The fourth-order valence-electron chi connectivity index (χ4n) is 1.93. The molecule has 0 aliphatic heterocycles. The Bertz CT molecular complexity index is 920. The monoisotopic (exact) mass is 369 g/mol. The minimum atomic E-state index is -4.83. The van der Waals surface area contributed by atoms with Crippen LogP contribution in [-0.4, -0.2) is 14.2 Å². The molecule has 0 unspecified atom stereocenters. The zero-order valence-electron chi connectivity index (χ0n) is 11.3. The minimum absolute atomic E-state index is 0.236. The van der Waals surface area contributed by atoms with Gasteiger partial charge in [-0.1, -0.05) is 11.6 Å². The molecule has 0 fully saturated rings. The van der Waals surface area contributed by atoms with E-state index in [1.807, 2.05) is 0 Å². The van der Waals surface area contributed by atoms with Crippen molar-refractivity contribution in [1.82, 2.24) is 9.13 Å². The number of benzene rings is 1. The molecule has 0 bridgehead atoms. The molecule has 1 aromatic heterocycles. The predicted molar refractivity (Wildman–Crippen MR) is 77.9 cm³/mol. The Kier molecular flexibility index (Phi) is 4.16. The highest BCUT2D eigenvalue weighted by Crippen LogP contribution is 2.36. The molecular formula is C12H8ClF4N3O2S. The number of alkyl halides is 3. The molecule has 0 aliphatic rings. The molecule has 2 aromatic rings. The van der Waals surface area contributed by atoms with Gasteiger partial charge in [-0.3, -0.25) is 4.79 Å². The maximum absolute atomic E-state index is 14.1. The van der Waals surface area contributed by atoms with E-state index in [2.05, 4.69) is 0 Å². The smallest absolute Gasteiger partial charge is 0.431 e. The first-order valence-electron chi connectivity index (χ1n) is 5.84. The highest BCUT2D eigenvalue weighted by Gasteiger charge is 2.35. The summed E-state index contributed by atoms with van der Waals surface area (Å²) in [4.78, 5) is 12.0. The van der Waals surface area contributed by atoms with Crippen molar-refractivity contribution in [3.05, 3.63) is 43.8 Å². The number of nitrogen functional groups attached to an aromatic ring is 1. The third kappa shape index (κ3) is 2.79. The number of rotatable bonds is 1. The van der Waals surface area contributed by atoms with Gasteiger partial charge in [-0.25, -0.2) is 8.96 Å². The highest BCUT2D eigenvalue weighted by atomic mass is 35.5. The zero-order chi connectivity index (χ0) is 17.7. The Labute approximate surface area is 136 Å². The molecule has 1 heterocycles. The molecule has 5 nitrogen and oxygen atoms in total. The van der Waals surface area contributed by atoms with Gasteiger partial charge in [0.25, 0.3) is 5.56 Å². The summed E-state index contributed by atoms with van der Waals surface area (Å²) in [5.41, 5.74) is 1.64. The first-order chi connectivity index (χ1) is 10.5. The van der Waals surface area contributed by atoms with Crippen molar-refractivity contribution in [2.45, 2.75) is 6.18 Å². The van der Waals surface area contributed by atoms with Gasteiger partial charge in [0.05, 0.1) is 10.7 Å². The van der Waals surface area contributed by atoms with Crippen molar-refractivity contribution in [2.24, 2.45) is 7.05 Å². The number of hydrogen-bond donors (Lipinski definition) is 2. The lowest BCUT2D eigenvalue weighted by Gasteiger charge is -2.17. The summed E-state index contributed by atoms with van der Waals surface area (Å²) in [6, 6.07) is 0.949. The van der Waals surface area contributed by atoms with Crippen molar-refractivity contribution < 1.29 is 22.7 Å². The summed E-state index contributed by atoms with van der Waals surface area (Å²) in [6.07, 6.45) is -4.83. The maximum Gasteiger partial charge on any atom is 0.431 e. The van der Waals surface area contributed by atoms with E-state index in [4.69, 9.17) is 29.6 Å². The average molecular weight is 370 g/mol. The average Bonchev–Trinajstić information content (AvgIpc) is 2.42. The second kappa shape index (κ2) is 5.53. The van der Waals surface area contributed by atoms with Crippen LogP contribution in [0.25, 0.3) is 5.69 Å². The molecule has 1 aromatic carbocycles. The second-order valence-electron chi connectivity index (χ2n) is 4.49. The van der Waals surface area contributed by atoms with Gasteiger partial charge in [-0.2, -0.15) is 13.2 Å². The lowest BCUT2D eigenvalue weighted by molar-refractivity contribution is -0.143. The van der Waals surface area contributed by atoms with E-state index in [1.54, 1.807) is 0 Å². The number of nitrogens with zero attached hydrogens (tertiary/aromatic N) is 2. The van der Waals surface area contributed by atoms with Crippen LogP contribution in [0.1, 0.15) is 5.69 Å². The third-order valence-corrected chi connectivity index (χ3v) is 3.82. The summed E-state index contributed by atoms with van der Waals surface area (Å²) in [7, 11) is 0.954. The Morgan fingerprint density at radius 2 is 1.91 bits per heavy atom. The Morgan fingerprint density at radius 3 is 2.43 bits per heavy atom. The van der Waals surface area contributed by atoms with Crippen LogP contribution in [0, 0.1) is 10.6 Å². The molecule has 124 valence electrons. The highest BCUT2D eigenvalue weighted by molar-refractivity contribution is 7.71. The molecule has 0 amide bonds. The molecule has 0 spiro atoms. The van der Waals surface area contributed by atoms with Gasteiger partial charge in [0.2, 0.25) is 0 Å². The lowest BCUT2D eigenvalue weighted by Crippen LogP contribution is -2.28. The van der Waals surface area contributed by atoms with Gasteiger partial charge < -0.3 is 15.4 Å². The fourth-order valence-corrected chi connectivity index (χ4v) is 2.39. The first-order valence-corrected chi connectivity index (χ1v) is 6.62. The molecule has 0 saturated heterocycles. The summed E-state index contributed by atoms with van der Waals surface area (Å²) in [6.45, 7) is 0. The molecule has 11 heteroatoms. The number of hydrogen-bond acceptors (Lipinski definition) is 4. The third-order valence-electron chi connectivity index (χ3n) is 3.05. The van der Waals surface area contributed by atoms with Gasteiger partial charge >= 0.3 is 6.18 Å². The standard InChI is InChI=1S/C12H8ClF4N3O2S/c1-19-6(12(15,16)17)3-7(21)20(11(19)23)9-5(14)2-4(13)8(18)10(9)22/h2-3,22H,18H2,1H3. The summed E-state index contributed by atoms with van der Waals surface area (Å²) in [5.74, 6) is -2.07. The summed E-state index contributed by atoms with van der Waals surface area (Å²) >= 11 is 10.4. The quantitative estimate of drug-likeness (QED) is 0.351. The molecule has 0 aliphatic carbocycles. The van der Waals surface area contributed by atoms with Crippen molar-refractivity contribution in [2.75, 3.05) is 5.73 Å². The maximum atomic E-state index is 14.1. The van der Waals surface area contributed by atoms with E-state index in [1.165, 1.54) is 0 Å². The van der Waals surface area contributed by atoms with Crippen LogP contribution in [0.3, 0.4) is 0 Å². The molecule has 0 saturated carbocycles. The van der Waals surface area contributed by atoms with Crippen LogP contribution < -0.4 is 11.3 Å². The van der Waals surface area contributed by atoms with Crippen molar-refractivity contribution in [3.8, 4) is 11.4 Å². The number of halogens is 5. The molecule has 23 heavy (non-hydrogen) atoms. The number of aromatic hydroxyl groups is 1. The summed E-state index contributed by atoms with van der Waals surface area (Å²) in [5, 5.41) is 9.57.